The standard InChI is InChI=1S/C14H14N4O2S/c1-2-20-17-13(19)7-18-12-6-4-3-5-10(12)16-14(18)11-8-21-9-15-11/h3-6,8-9H,2,7H2,1H3,(H,17,19). The lowest BCUT2D eigenvalue weighted by molar-refractivity contribution is -0.133. The predicted molar refractivity (Wildman–Crippen MR) is 80.6 cm³/mol. The summed E-state index contributed by atoms with van der Waals surface area (Å²) in [6.45, 7) is 2.37. The van der Waals surface area contributed by atoms with Crippen LogP contribution >= 0.6 is 11.3 Å². The van der Waals surface area contributed by atoms with E-state index in [9.17, 15) is 4.79 Å². The lowest BCUT2D eigenvalue weighted by atomic mass is 10.3. The zero-order valence-corrected chi connectivity index (χ0v) is 12.3. The van der Waals surface area contributed by atoms with Gasteiger partial charge in [0.15, 0.2) is 5.82 Å². The summed E-state index contributed by atoms with van der Waals surface area (Å²) in [6, 6.07) is 7.70. The molecule has 7 heteroatoms. The van der Waals surface area contributed by atoms with Crippen LogP contribution < -0.4 is 5.48 Å². The van der Waals surface area contributed by atoms with Crippen LogP contribution in [0.5, 0.6) is 0 Å². The fourth-order valence-electron chi connectivity index (χ4n) is 2.08. The van der Waals surface area contributed by atoms with Gasteiger partial charge in [0.25, 0.3) is 5.91 Å². The molecule has 21 heavy (non-hydrogen) atoms. The molecule has 0 aliphatic heterocycles. The number of thiazole rings is 1. The number of carbonyl (C=O) groups is 1. The van der Waals surface area contributed by atoms with Crippen molar-refractivity contribution in [3.63, 3.8) is 0 Å². The predicted octanol–water partition coefficient (Wildman–Crippen LogP) is 2.23. The van der Waals surface area contributed by atoms with Gasteiger partial charge in [-0.2, -0.15) is 0 Å². The SMILES string of the molecule is CCONC(=O)Cn1c(-c2cscn2)nc2ccccc21. The van der Waals surface area contributed by atoms with Crippen molar-refractivity contribution in [1.29, 1.82) is 0 Å². The van der Waals surface area contributed by atoms with Gasteiger partial charge in [0, 0.05) is 5.38 Å². The highest BCUT2D eigenvalue weighted by molar-refractivity contribution is 7.07. The molecule has 0 aliphatic carbocycles. The van der Waals surface area contributed by atoms with Crippen molar-refractivity contribution in [1.82, 2.24) is 20.0 Å². The second-order valence-corrected chi connectivity index (χ2v) is 5.06. The van der Waals surface area contributed by atoms with Crippen molar-refractivity contribution in [3.05, 3.63) is 35.2 Å². The van der Waals surface area contributed by atoms with E-state index in [1.165, 1.54) is 11.3 Å². The molecule has 1 aromatic carbocycles. The maximum atomic E-state index is 11.9. The third-order valence-electron chi connectivity index (χ3n) is 2.95. The first kappa shape index (κ1) is 13.7. The summed E-state index contributed by atoms with van der Waals surface area (Å²) in [5.74, 6) is 0.459. The van der Waals surface area contributed by atoms with Crippen LogP contribution in [0.2, 0.25) is 0 Å². The first-order valence-electron chi connectivity index (χ1n) is 6.54. The first-order valence-corrected chi connectivity index (χ1v) is 7.48. The Morgan fingerprint density at radius 1 is 1.43 bits per heavy atom. The molecule has 0 saturated carbocycles. The van der Waals surface area contributed by atoms with Crippen LogP contribution in [0.15, 0.2) is 35.2 Å². The van der Waals surface area contributed by atoms with E-state index in [0.29, 0.717) is 12.4 Å². The molecule has 2 aromatic heterocycles. The number of carbonyl (C=O) groups excluding carboxylic acids is 1. The molecule has 1 N–H and O–H groups in total. The lowest BCUT2D eigenvalue weighted by Crippen LogP contribution is -2.28. The number of fused-ring (bicyclic) bond motifs is 1. The Morgan fingerprint density at radius 3 is 3.05 bits per heavy atom. The van der Waals surface area contributed by atoms with Gasteiger partial charge in [-0.05, 0) is 19.1 Å². The fourth-order valence-corrected chi connectivity index (χ4v) is 2.61. The number of hydroxylamine groups is 1. The Balaban J connectivity index is 2.02. The second kappa shape index (κ2) is 6.02. The summed E-state index contributed by atoms with van der Waals surface area (Å²) in [6.07, 6.45) is 0. The Kier molecular flexibility index (Phi) is 3.94. The van der Waals surface area contributed by atoms with Crippen LogP contribution in [0.3, 0.4) is 0 Å². The van der Waals surface area contributed by atoms with E-state index in [1.54, 1.807) is 5.51 Å². The zero-order valence-electron chi connectivity index (χ0n) is 11.4. The summed E-state index contributed by atoms with van der Waals surface area (Å²) in [5.41, 5.74) is 6.65. The number of benzene rings is 1. The highest BCUT2D eigenvalue weighted by Crippen LogP contribution is 2.24. The molecule has 108 valence electrons. The summed E-state index contributed by atoms with van der Waals surface area (Å²) in [5, 5.41) is 1.91. The monoisotopic (exact) mass is 302 g/mol. The fraction of sp³-hybridized carbons (Fsp3) is 0.214. The minimum atomic E-state index is -0.225. The van der Waals surface area contributed by atoms with Crippen molar-refractivity contribution in [2.75, 3.05) is 6.61 Å². The molecule has 0 saturated heterocycles. The summed E-state index contributed by atoms with van der Waals surface area (Å²) in [4.78, 5) is 25.7. The minimum absolute atomic E-state index is 0.132. The van der Waals surface area contributed by atoms with E-state index in [4.69, 9.17) is 4.84 Å². The smallest absolute Gasteiger partial charge is 0.263 e. The minimum Gasteiger partial charge on any atom is -0.313 e. The van der Waals surface area contributed by atoms with Gasteiger partial charge in [-0.15, -0.1) is 11.3 Å². The summed E-state index contributed by atoms with van der Waals surface area (Å²) in [7, 11) is 0. The molecule has 0 atom stereocenters. The third kappa shape index (κ3) is 2.79. The third-order valence-corrected chi connectivity index (χ3v) is 3.53. The van der Waals surface area contributed by atoms with Crippen molar-refractivity contribution >= 4 is 28.3 Å². The Bertz CT molecular complexity index is 752. The normalized spacial score (nSPS) is 10.9. The van der Waals surface area contributed by atoms with Crippen LogP contribution in [0, 0.1) is 0 Å². The number of hydrogen-bond donors (Lipinski definition) is 1. The molecule has 0 unspecified atom stereocenters. The molecular weight excluding hydrogens is 288 g/mol. The second-order valence-electron chi connectivity index (χ2n) is 4.34. The highest BCUT2D eigenvalue weighted by Gasteiger charge is 2.16. The molecule has 0 radical (unpaired) electrons. The van der Waals surface area contributed by atoms with Gasteiger partial charge in [-0.3, -0.25) is 9.63 Å². The molecule has 0 aliphatic rings. The Labute approximate surface area is 125 Å². The molecular formula is C14H14N4O2S. The molecule has 3 aromatic rings. The molecule has 1 amide bonds. The summed E-state index contributed by atoms with van der Waals surface area (Å²) < 4.78 is 1.85. The zero-order chi connectivity index (χ0) is 14.7. The largest absolute Gasteiger partial charge is 0.313 e. The van der Waals surface area contributed by atoms with E-state index in [2.05, 4.69) is 15.4 Å². The van der Waals surface area contributed by atoms with Crippen molar-refractivity contribution < 1.29 is 9.63 Å². The van der Waals surface area contributed by atoms with Gasteiger partial charge in [0.1, 0.15) is 12.2 Å². The van der Waals surface area contributed by atoms with Crippen LogP contribution in [-0.2, 0) is 16.2 Å². The molecule has 0 spiro atoms. The number of para-hydroxylation sites is 2. The molecule has 0 bridgehead atoms. The number of rotatable bonds is 5. The maximum absolute atomic E-state index is 11.9. The topological polar surface area (TPSA) is 69.0 Å². The van der Waals surface area contributed by atoms with Crippen LogP contribution in [0.4, 0.5) is 0 Å². The maximum Gasteiger partial charge on any atom is 0.263 e. The lowest BCUT2D eigenvalue weighted by Gasteiger charge is -2.08. The number of amides is 1. The van der Waals surface area contributed by atoms with E-state index in [0.717, 1.165) is 16.7 Å². The number of imidazole rings is 1. The molecule has 2 heterocycles. The van der Waals surface area contributed by atoms with Gasteiger partial charge in [-0.25, -0.2) is 15.4 Å². The van der Waals surface area contributed by atoms with Gasteiger partial charge >= 0.3 is 0 Å². The van der Waals surface area contributed by atoms with Gasteiger partial charge < -0.3 is 4.57 Å². The average Bonchev–Trinajstić information content (AvgIpc) is 3.13. The van der Waals surface area contributed by atoms with Crippen molar-refractivity contribution in [2.45, 2.75) is 13.5 Å². The van der Waals surface area contributed by atoms with Crippen LogP contribution in [0.1, 0.15) is 6.92 Å². The molecule has 0 fully saturated rings. The van der Waals surface area contributed by atoms with E-state index in [-0.39, 0.29) is 12.5 Å². The Morgan fingerprint density at radius 2 is 2.29 bits per heavy atom. The first-order chi connectivity index (χ1) is 10.3. The number of aromatic nitrogens is 3. The number of nitrogens with one attached hydrogen (secondary N) is 1. The van der Waals surface area contributed by atoms with Crippen molar-refractivity contribution in [2.24, 2.45) is 0 Å². The van der Waals surface area contributed by atoms with Crippen molar-refractivity contribution in [3.8, 4) is 11.5 Å². The van der Waals surface area contributed by atoms with E-state index < -0.39 is 0 Å². The molecule has 3 rings (SSSR count). The average molecular weight is 302 g/mol. The molecule has 6 nitrogen and oxygen atoms in total. The van der Waals surface area contributed by atoms with Crippen LogP contribution in [-0.4, -0.2) is 27.0 Å². The summed E-state index contributed by atoms with van der Waals surface area (Å²) >= 11 is 1.50. The van der Waals surface area contributed by atoms with Gasteiger partial charge in [-0.1, -0.05) is 12.1 Å². The van der Waals surface area contributed by atoms with Crippen LogP contribution in [0.25, 0.3) is 22.6 Å². The number of nitrogens with zero attached hydrogens (tertiary/aromatic N) is 3. The van der Waals surface area contributed by atoms with Gasteiger partial charge in [0.2, 0.25) is 0 Å². The number of hydrogen-bond acceptors (Lipinski definition) is 5. The van der Waals surface area contributed by atoms with E-state index in [1.807, 2.05) is 41.1 Å². The quantitative estimate of drug-likeness (QED) is 0.734. The van der Waals surface area contributed by atoms with E-state index >= 15 is 0 Å². The highest BCUT2D eigenvalue weighted by atomic mass is 32.1. The van der Waals surface area contributed by atoms with Gasteiger partial charge in [0.05, 0.1) is 23.2 Å². The Hall–Kier alpha value is -2.25.